The minimum atomic E-state index is -1.26. The van der Waals surface area contributed by atoms with Crippen molar-refractivity contribution in [1.82, 2.24) is 0 Å². The van der Waals surface area contributed by atoms with Crippen LogP contribution >= 0.6 is 0 Å². The van der Waals surface area contributed by atoms with Gasteiger partial charge >= 0.3 is 11.9 Å². The maximum atomic E-state index is 11.1. The van der Waals surface area contributed by atoms with E-state index in [2.05, 4.69) is 17.9 Å². The van der Waals surface area contributed by atoms with Crippen LogP contribution in [0.25, 0.3) is 0 Å². The molecular weight excluding hydrogens is 256 g/mol. The first-order chi connectivity index (χ1) is 9.58. The first-order valence-corrected chi connectivity index (χ1v) is 6.39. The normalized spacial score (nSPS) is 13.9. The Hall–Kier alpha value is -2.54. The van der Waals surface area contributed by atoms with E-state index in [0.717, 1.165) is 24.8 Å². The Morgan fingerprint density at radius 1 is 1.00 bits per heavy atom. The van der Waals surface area contributed by atoms with E-state index in [9.17, 15) is 9.59 Å². The van der Waals surface area contributed by atoms with Gasteiger partial charge in [-0.15, -0.1) is 0 Å². The molecule has 1 aliphatic rings. The molecule has 20 heavy (non-hydrogen) atoms. The second kappa shape index (κ2) is 6.07. The molecule has 0 unspecified atom stereocenters. The van der Waals surface area contributed by atoms with Crippen molar-refractivity contribution in [2.75, 3.05) is 0 Å². The Morgan fingerprint density at radius 3 is 2.35 bits per heavy atom. The van der Waals surface area contributed by atoms with Gasteiger partial charge in [-0.1, -0.05) is 17.9 Å². The third kappa shape index (κ3) is 3.27. The van der Waals surface area contributed by atoms with Gasteiger partial charge in [0.25, 0.3) is 0 Å². The van der Waals surface area contributed by atoms with Gasteiger partial charge in [0.15, 0.2) is 0 Å². The molecule has 102 valence electrons. The van der Waals surface area contributed by atoms with Crippen molar-refractivity contribution in [2.24, 2.45) is 0 Å². The molecule has 0 radical (unpaired) electrons. The Morgan fingerprint density at radius 2 is 1.75 bits per heavy atom. The Balaban J connectivity index is 2.32. The number of rotatable bonds is 2. The smallest absolute Gasteiger partial charge is 0.336 e. The maximum Gasteiger partial charge on any atom is 0.336 e. The number of hydrogen-bond acceptors (Lipinski definition) is 2. The van der Waals surface area contributed by atoms with Crippen molar-refractivity contribution in [3.05, 3.63) is 46.5 Å². The first-order valence-electron chi connectivity index (χ1n) is 6.39. The van der Waals surface area contributed by atoms with Crippen molar-refractivity contribution in [3.8, 4) is 11.8 Å². The van der Waals surface area contributed by atoms with Gasteiger partial charge in [-0.05, 0) is 49.5 Å². The van der Waals surface area contributed by atoms with Crippen LogP contribution in [-0.4, -0.2) is 22.2 Å². The summed E-state index contributed by atoms with van der Waals surface area (Å²) in [5, 5.41) is 18.0. The van der Waals surface area contributed by atoms with E-state index in [1.54, 1.807) is 0 Å². The number of aromatic carboxylic acids is 2. The van der Waals surface area contributed by atoms with Gasteiger partial charge in [-0.3, -0.25) is 0 Å². The zero-order valence-corrected chi connectivity index (χ0v) is 10.8. The van der Waals surface area contributed by atoms with E-state index >= 15 is 0 Å². The van der Waals surface area contributed by atoms with Crippen LogP contribution in [0.3, 0.4) is 0 Å². The topological polar surface area (TPSA) is 74.6 Å². The third-order valence-electron chi connectivity index (χ3n) is 3.14. The molecule has 0 saturated carbocycles. The Kier molecular flexibility index (Phi) is 4.21. The lowest BCUT2D eigenvalue weighted by Gasteiger charge is -2.06. The van der Waals surface area contributed by atoms with Crippen LogP contribution in [0.15, 0.2) is 29.8 Å². The number of allylic oxidation sites excluding steroid dienone is 2. The molecule has 2 rings (SSSR count). The SMILES string of the molecule is O=C(O)c1ccc(C#CC2=CCCCC2)cc1C(=O)O. The fourth-order valence-corrected chi connectivity index (χ4v) is 2.09. The molecule has 4 nitrogen and oxygen atoms in total. The summed E-state index contributed by atoms with van der Waals surface area (Å²) in [7, 11) is 0. The predicted molar refractivity (Wildman–Crippen MR) is 73.8 cm³/mol. The van der Waals surface area contributed by atoms with E-state index in [1.165, 1.54) is 24.6 Å². The standard InChI is InChI=1S/C16H14O4/c17-15(18)13-9-8-12(10-14(13)16(19)20)7-6-11-4-2-1-3-5-11/h4,8-10H,1-3,5H2,(H,17,18)(H,19,20). The fraction of sp³-hybridized carbons (Fsp3) is 0.250. The monoisotopic (exact) mass is 270 g/mol. The van der Waals surface area contributed by atoms with Crippen LogP contribution in [0.1, 0.15) is 52.0 Å². The summed E-state index contributed by atoms with van der Waals surface area (Å²) >= 11 is 0. The average molecular weight is 270 g/mol. The fourth-order valence-electron chi connectivity index (χ4n) is 2.09. The lowest BCUT2D eigenvalue weighted by Crippen LogP contribution is -2.08. The van der Waals surface area contributed by atoms with Crippen LogP contribution < -0.4 is 0 Å². The van der Waals surface area contributed by atoms with Crippen molar-refractivity contribution in [2.45, 2.75) is 25.7 Å². The minimum absolute atomic E-state index is 0.222. The van der Waals surface area contributed by atoms with Crippen LogP contribution in [0, 0.1) is 11.8 Å². The van der Waals surface area contributed by atoms with Crippen LogP contribution in [0.4, 0.5) is 0 Å². The van der Waals surface area contributed by atoms with Crippen LogP contribution in [0.5, 0.6) is 0 Å². The molecule has 0 aliphatic heterocycles. The lowest BCUT2D eigenvalue weighted by atomic mass is 9.99. The third-order valence-corrected chi connectivity index (χ3v) is 3.14. The number of hydrogen-bond donors (Lipinski definition) is 2. The van der Waals surface area contributed by atoms with Crippen molar-refractivity contribution >= 4 is 11.9 Å². The highest BCUT2D eigenvalue weighted by atomic mass is 16.4. The molecule has 0 saturated heterocycles. The van der Waals surface area contributed by atoms with Gasteiger partial charge in [-0.25, -0.2) is 9.59 Å². The second-order valence-electron chi connectivity index (χ2n) is 4.60. The molecule has 0 amide bonds. The van der Waals surface area contributed by atoms with E-state index in [-0.39, 0.29) is 11.1 Å². The van der Waals surface area contributed by atoms with Gasteiger partial charge in [0, 0.05) is 5.56 Å². The zero-order valence-electron chi connectivity index (χ0n) is 10.8. The van der Waals surface area contributed by atoms with E-state index in [0.29, 0.717) is 5.56 Å². The molecule has 0 aromatic heterocycles. The van der Waals surface area contributed by atoms with Crippen molar-refractivity contribution < 1.29 is 19.8 Å². The summed E-state index contributed by atoms with van der Waals surface area (Å²) in [6, 6.07) is 4.12. The Labute approximate surface area is 116 Å². The molecular formula is C16H14O4. The van der Waals surface area contributed by atoms with Gasteiger partial charge < -0.3 is 10.2 Å². The highest BCUT2D eigenvalue weighted by molar-refractivity contribution is 6.01. The van der Waals surface area contributed by atoms with Gasteiger partial charge in [0.1, 0.15) is 0 Å². The molecule has 0 bridgehead atoms. The minimum Gasteiger partial charge on any atom is -0.478 e. The van der Waals surface area contributed by atoms with E-state index in [1.807, 2.05) is 0 Å². The van der Waals surface area contributed by atoms with E-state index < -0.39 is 11.9 Å². The highest BCUT2D eigenvalue weighted by Crippen LogP contribution is 2.17. The zero-order chi connectivity index (χ0) is 14.5. The summed E-state index contributed by atoms with van der Waals surface area (Å²) in [5.41, 5.74) is 1.12. The second-order valence-corrected chi connectivity index (χ2v) is 4.60. The largest absolute Gasteiger partial charge is 0.478 e. The van der Waals surface area contributed by atoms with Crippen LogP contribution in [0.2, 0.25) is 0 Å². The molecule has 1 aliphatic carbocycles. The molecule has 0 spiro atoms. The average Bonchev–Trinajstić information content (AvgIpc) is 2.45. The molecule has 1 aromatic rings. The summed E-state index contributed by atoms with van der Waals surface area (Å²) < 4.78 is 0. The van der Waals surface area contributed by atoms with Gasteiger partial charge in [0.2, 0.25) is 0 Å². The number of carboxylic acids is 2. The van der Waals surface area contributed by atoms with Crippen molar-refractivity contribution in [3.63, 3.8) is 0 Å². The molecule has 0 fully saturated rings. The van der Waals surface area contributed by atoms with Gasteiger partial charge in [-0.2, -0.15) is 0 Å². The van der Waals surface area contributed by atoms with Crippen molar-refractivity contribution in [1.29, 1.82) is 0 Å². The molecule has 1 aromatic carbocycles. The lowest BCUT2D eigenvalue weighted by molar-refractivity contribution is 0.0651. The molecule has 4 heteroatoms. The van der Waals surface area contributed by atoms with Crippen LogP contribution in [-0.2, 0) is 0 Å². The number of benzene rings is 1. The summed E-state index contributed by atoms with van der Waals surface area (Å²) in [6.07, 6.45) is 6.38. The maximum absolute atomic E-state index is 11.1. The summed E-state index contributed by atoms with van der Waals surface area (Å²) in [6.45, 7) is 0. The quantitative estimate of drug-likeness (QED) is 0.810. The number of carbonyl (C=O) groups is 2. The first kappa shape index (κ1) is 13.9. The molecule has 2 N–H and O–H groups in total. The number of carboxylic acid groups (broad SMARTS) is 2. The molecule has 0 atom stereocenters. The van der Waals surface area contributed by atoms with E-state index in [4.69, 9.17) is 10.2 Å². The molecule has 0 heterocycles. The Bertz CT molecular complexity index is 644. The highest BCUT2D eigenvalue weighted by Gasteiger charge is 2.15. The predicted octanol–water partition coefficient (Wildman–Crippen LogP) is 2.93. The summed E-state index contributed by atoms with van der Waals surface area (Å²) in [4.78, 5) is 22.0. The summed E-state index contributed by atoms with van der Waals surface area (Å²) in [5.74, 6) is 3.41. The van der Waals surface area contributed by atoms with Gasteiger partial charge in [0.05, 0.1) is 11.1 Å².